The molecule has 0 saturated carbocycles. The molecule has 0 atom stereocenters. The van der Waals surface area contributed by atoms with Crippen LogP contribution in [0.3, 0.4) is 0 Å². The molecule has 0 aromatic heterocycles. The Bertz CT molecular complexity index is 361. The average molecular weight is 204 g/mol. The normalized spacial score (nSPS) is 10.3. The van der Waals surface area contributed by atoms with Crippen LogP contribution in [0.1, 0.15) is 36.2 Å². The van der Waals surface area contributed by atoms with E-state index >= 15 is 0 Å². The zero-order valence-corrected chi connectivity index (χ0v) is 9.16. The number of allylic oxidation sites excluding steroid dienone is 1. The predicted molar refractivity (Wildman–Crippen MR) is 61.9 cm³/mol. The first-order valence-electron chi connectivity index (χ1n) is 5.02. The summed E-state index contributed by atoms with van der Waals surface area (Å²) in [6.07, 6.45) is 0.937. The van der Waals surface area contributed by atoms with Gasteiger partial charge in [-0.05, 0) is 35.6 Å². The van der Waals surface area contributed by atoms with Gasteiger partial charge in [-0.15, -0.1) is 0 Å². The van der Waals surface area contributed by atoms with Crippen LogP contribution < -0.4 is 0 Å². The molecular weight excluding hydrogens is 188 g/mol. The molecule has 0 aliphatic carbocycles. The second-order valence-electron chi connectivity index (χ2n) is 4.08. The Morgan fingerprint density at radius 1 is 1.27 bits per heavy atom. The maximum atomic E-state index is 10.6. The molecule has 1 aromatic carbocycles. The molecule has 0 heterocycles. The van der Waals surface area contributed by atoms with Gasteiger partial charge in [-0.1, -0.05) is 32.6 Å². The Labute approximate surface area is 90.3 Å². The van der Waals surface area contributed by atoms with Gasteiger partial charge in [0.15, 0.2) is 0 Å². The Kier molecular flexibility index (Phi) is 3.67. The molecule has 0 amide bonds. The van der Waals surface area contributed by atoms with Crippen molar-refractivity contribution in [3.63, 3.8) is 0 Å². The summed E-state index contributed by atoms with van der Waals surface area (Å²) in [6.45, 7) is 8.26. The van der Waals surface area contributed by atoms with Gasteiger partial charge in [-0.25, -0.2) is 4.79 Å². The number of carboxylic acid groups (broad SMARTS) is 1. The van der Waals surface area contributed by atoms with Gasteiger partial charge in [0.2, 0.25) is 0 Å². The lowest BCUT2D eigenvalue weighted by Gasteiger charge is -2.08. The molecule has 15 heavy (non-hydrogen) atoms. The lowest BCUT2D eigenvalue weighted by Crippen LogP contribution is -1.96. The van der Waals surface area contributed by atoms with Crippen molar-refractivity contribution >= 4 is 11.5 Å². The van der Waals surface area contributed by atoms with E-state index in [1.165, 1.54) is 0 Å². The minimum Gasteiger partial charge on any atom is -0.478 e. The molecule has 0 radical (unpaired) electrons. The number of aromatic carboxylic acids is 1. The minimum absolute atomic E-state index is 0.316. The summed E-state index contributed by atoms with van der Waals surface area (Å²) in [5.74, 6) is -0.326. The fraction of sp³-hybridized carbons (Fsp3) is 0.308. The minimum atomic E-state index is -0.893. The van der Waals surface area contributed by atoms with Gasteiger partial charge in [0, 0.05) is 0 Å². The van der Waals surface area contributed by atoms with Gasteiger partial charge in [-0.3, -0.25) is 0 Å². The van der Waals surface area contributed by atoms with Crippen LogP contribution in [0.2, 0.25) is 0 Å². The highest BCUT2D eigenvalue weighted by molar-refractivity contribution is 5.88. The van der Waals surface area contributed by atoms with Gasteiger partial charge in [-0.2, -0.15) is 0 Å². The maximum absolute atomic E-state index is 10.6. The molecule has 0 unspecified atom stereocenters. The van der Waals surface area contributed by atoms with Gasteiger partial charge < -0.3 is 5.11 Å². The number of hydrogen-bond acceptors (Lipinski definition) is 1. The second-order valence-corrected chi connectivity index (χ2v) is 4.08. The lowest BCUT2D eigenvalue weighted by molar-refractivity contribution is 0.0697. The topological polar surface area (TPSA) is 37.3 Å². The van der Waals surface area contributed by atoms with Gasteiger partial charge in [0.1, 0.15) is 0 Å². The van der Waals surface area contributed by atoms with E-state index in [9.17, 15) is 4.79 Å². The van der Waals surface area contributed by atoms with Crippen molar-refractivity contribution in [2.75, 3.05) is 0 Å². The molecule has 0 bridgehead atoms. The summed E-state index contributed by atoms with van der Waals surface area (Å²) in [6, 6.07) is 6.86. The molecule has 80 valence electrons. The number of rotatable bonds is 4. The van der Waals surface area contributed by atoms with Crippen LogP contribution in [0.15, 0.2) is 30.8 Å². The van der Waals surface area contributed by atoms with Crippen LogP contribution >= 0.6 is 0 Å². The molecule has 0 aliphatic rings. The van der Waals surface area contributed by atoms with Crippen LogP contribution in [0, 0.1) is 5.92 Å². The zero-order chi connectivity index (χ0) is 11.4. The van der Waals surface area contributed by atoms with Gasteiger partial charge >= 0.3 is 5.97 Å². The monoisotopic (exact) mass is 204 g/mol. The Morgan fingerprint density at radius 3 is 2.13 bits per heavy atom. The summed E-state index contributed by atoms with van der Waals surface area (Å²) < 4.78 is 0. The molecule has 1 aromatic rings. The zero-order valence-electron chi connectivity index (χ0n) is 9.16. The maximum Gasteiger partial charge on any atom is 0.335 e. The van der Waals surface area contributed by atoms with Crippen molar-refractivity contribution in [2.45, 2.75) is 20.3 Å². The summed E-state index contributed by atoms with van der Waals surface area (Å²) >= 11 is 0. The SMILES string of the molecule is C=C(CC(C)C)c1ccc(C(=O)O)cc1. The smallest absolute Gasteiger partial charge is 0.335 e. The van der Waals surface area contributed by atoms with E-state index in [-0.39, 0.29) is 0 Å². The largest absolute Gasteiger partial charge is 0.478 e. The summed E-state index contributed by atoms with van der Waals surface area (Å²) in [4.78, 5) is 10.6. The van der Waals surface area contributed by atoms with E-state index in [0.717, 1.165) is 17.6 Å². The van der Waals surface area contributed by atoms with Gasteiger partial charge in [0.05, 0.1) is 5.56 Å². The predicted octanol–water partition coefficient (Wildman–Crippen LogP) is 3.44. The van der Waals surface area contributed by atoms with Crippen molar-refractivity contribution in [3.8, 4) is 0 Å². The Hall–Kier alpha value is -1.57. The van der Waals surface area contributed by atoms with E-state index < -0.39 is 5.97 Å². The highest BCUT2D eigenvalue weighted by Gasteiger charge is 2.04. The molecule has 0 saturated heterocycles. The third-order valence-corrected chi connectivity index (χ3v) is 2.19. The number of carbonyl (C=O) groups is 1. The summed E-state index contributed by atoms with van der Waals surface area (Å²) in [5.41, 5.74) is 2.40. The van der Waals surface area contributed by atoms with Crippen molar-refractivity contribution < 1.29 is 9.90 Å². The molecule has 1 N–H and O–H groups in total. The average Bonchev–Trinajstić information content (AvgIpc) is 2.17. The first-order chi connectivity index (χ1) is 7.00. The number of benzene rings is 1. The molecule has 2 nitrogen and oxygen atoms in total. The first-order valence-corrected chi connectivity index (χ1v) is 5.02. The highest BCUT2D eigenvalue weighted by atomic mass is 16.4. The molecule has 0 aliphatic heterocycles. The van der Waals surface area contributed by atoms with Crippen LogP contribution in [-0.2, 0) is 0 Å². The van der Waals surface area contributed by atoms with Crippen LogP contribution in [-0.4, -0.2) is 11.1 Å². The third kappa shape index (κ3) is 3.24. The van der Waals surface area contributed by atoms with Crippen molar-refractivity contribution in [3.05, 3.63) is 42.0 Å². The van der Waals surface area contributed by atoms with Crippen molar-refractivity contribution in [2.24, 2.45) is 5.92 Å². The Balaban J connectivity index is 2.80. The van der Waals surface area contributed by atoms with Crippen molar-refractivity contribution in [1.29, 1.82) is 0 Å². The van der Waals surface area contributed by atoms with E-state index in [1.807, 2.05) is 12.1 Å². The molecule has 2 heteroatoms. The van der Waals surface area contributed by atoms with Crippen LogP contribution in [0.5, 0.6) is 0 Å². The molecule has 0 fully saturated rings. The fourth-order valence-electron chi connectivity index (χ4n) is 1.46. The van der Waals surface area contributed by atoms with Crippen LogP contribution in [0.4, 0.5) is 0 Å². The van der Waals surface area contributed by atoms with E-state index in [4.69, 9.17) is 5.11 Å². The van der Waals surface area contributed by atoms with Crippen molar-refractivity contribution in [1.82, 2.24) is 0 Å². The van der Waals surface area contributed by atoms with E-state index in [2.05, 4.69) is 20.4 Å². The molecule has 1 rings (SSSR count). The lowest BCUT2D eigenvalue weighted by atomic mass is 9.97. The molecular formula is C13H16O2. The Morgan fingerprint density at radius 2 is 1.73 bits per heavy atom. The third-order valence-electron chi connectivity index (χ3n) is 2.19. The summed E-state index contributed by atoms with van der Waals surface area (Å²) in [7, 11) is 0. The second kappa shape index (κ2) is 4.78. The van der Waals surface area contributed by atoms with Crippen LogP contribution in [0.25, 0.3) is 5.57 Å². The first kappa shape index (κ1) is 11.5. The molecule has 0 spiro atoms. The van der Waals surface area contributed by atoms with Gasteiger partial charge in [0.25, 0.3) is 0 Å². The number of carboxylic acids is 1. The quantitative estimate of drug-likeness (QED) is 0.815. The highest BCUT2D eigenvalue weighted by Crippen LogP contribution is 2.20. The summed E-state index contributed by atoms with van der Waals surface area (Å²) in [5, 5.41) is 8.74. The standard InChI is InChI=1S/C13H16O2/c1-9(2)8-10(3)11-4-6-12(7-5-11)13(14)15/h4-7,9H,3,8H2,1-2H3,(H,14,15). The van der Waals surface area contributed by atoms with E-state index in [1.54, 1.807) is 12.1 Å². The number of hydrogen-bond donors (Lipinski definition) is 1. The van der Waals surface area contributed by atoms with E-state index in [0.29, 0.717) is 11.5 Å². The fourth-order valence-corrected chi connectivity index (χ4v) is 1.46.